The minimum absolute atomic E-state index is 0.0394. The average molecular weight is 327 g/mol. The van der Waals surface area contributed by atoms with Gasteiger partial charge in [0.05, 0.1) is 18.8 Å². The van der Waals surface area contributed by atoms with Crippen LogP contribution >= 0.6 is 0 Å². The number of carbonyl (C=O) groups is 1. The highest BCUT2D eigenvalue weighted by Crippen LogP contribution is 2.28. The fourth-order valence-corrected chi connectivity index (χ4v) is 2.45. The lowest BCUT2D eigenvalue weighted by Gasteiger charge is -2.27. The fraction of sp³-hybridized carbons (Fsp3) is 0.588. The van der Waals surface area contributed by atoms with Crippen molar-refractivity contribution in [2.24, 2.45) is 0 Å². The predicted octanol–water partition coefficient (Wildman–Crippen LogP) is 3.88. The van der Waals surface area contributed by atoms with Crippen LogP contribution in [0.4, 0.5) is 13.6 Å². The van der Waals surface area contributed by atoms with Crippen molar-refractivity contribution in [3.05, 3.63) is 35.4 Å². The molecule has 0 bridgehead atoms. The van der Waals surface area contributed by atoms with Crippen LogP contribution in [0.15, 0.2) is 18.2 Å². The van der Waals surface area contributed by atoms with Crippen molar-refractivity contribution in [1.29, 1.82) is 0 Å². The Morgan fingerprint density at radius 3 is 2.70 bits per heavy atom. The topological polar surface area (TPSA) is 38.8 Å². The molecule has 1 atom stereocenters. The van der Waals surface area contributed by atoms with E-state index < -0.39 is 22.8 Å². The third-order valence-electron chi connectivity index (χ3n) is 3.70. The van der Waals surface area contributed by atoms with Gasteiger partial charge in [0.1, 0.15) is 5.60 Å². The molecule has 128 valence electrons. The van der Waals surface area contributed by atoms with Crippen LogP contribution in [0.1, 0.15) is 39.7 Å². The quantitative estimate of drug-likeness (QED) is 0.846. The van der Waals surface area contributed by atoms with Gasteiger partial charge in [-0.1, -0.05) is 12.1 Å². The Morgan fingerprint density at radius 1 is 1.35 bits per heavy atom. The Hall–Kier alpha value is -1.69. The van der Waals surface area contributed by atoms with Gasteiger partial charge in [0, 0.05) is 12.1 Å². The molecule has 4 nitrogen and oxygen atoms in total. The number of halogens is 2. The van der Waals surface area contributed by atoms with Crippen molar-refractivity contribution in [3.63, 3.8) is 0 Å². The minimum atomic E-state index is -0.891. The Morgan fingerprint density at radius 2 is 2.04 bits per heavy atom. The zero-order valence-electron chi connectivity index (χ0n) is 14.0. The molecule has 0 radical (unpaired) electrons. The van der Waals surface area contributed by atoms with Crippen LogP contribution in [-0.2, 0) is 16.1 Å². The van der Waals surface area contributed by atoms with Crippen molar-refractivity contribution in [3.8, 4) is 0 Å². The van der Waals surface area contributed by atoms with Crippen molar-refractivity contribution < 1.29 is 23.0 Å². The molecular weight excluding hydrogens is 304 g/mol. The van der Waals surface area contributed by atoms with Gasteiger partial charge >= 0.3 is 6.09 Å². The lowest BCUT2D eigenvalue weighted by atomic mass is 10.1. The van der Waals surface area contributed by atoms with Gasteiger partial charge in [-0.05, 0) is 40.2 Å². The molecular formula is C17H23F2NO3. The summed E-state index contributed by atoms with van der Waals surface area (Å²) in [6, 6.07) is 4.00. The van der Waals surface area contributed by atoms with E-state index in [1.165, 1.54) is 12.1 Å². The van der Waals surface area contributed by atoms with E-state index in [2.05, 4.69) is 0 Å². The summed E-state index contributed by atoms with van der Waals surface area (Å²) in [6.45, 7) is 8.11. The van der Waals surface area contributed by atoms with E-state index in [0.29, 0.717) is 19.5 Å². The Bertz CT molecular complexity index is 586. The Kier molecular flexibility index (Phi) is 4.94. The molecule has 1 fully saturated rings. The molecule has 1 heterocycles. The highest BCUT2D eigenvalue weighted by atomic mass is 19.2. The lowest BCUT2D eigenvalue weighted by Crippen LogP contribution is -2.39. The van der Waals surface area contributed by atoms with E-state index in [4.69, 9.17) is 9.47 Å². The summed E-state index contributed by atoms with van der Waals surface area (Å²) in [4.78, 5) is 13.6. The monoisotopic (exact) mass is 327 g/mol. The molecule has 1 saturated heterocycles. The lowest BCUT2D eigenvalue weighted by molar-refractivity contribution is -0.0385. The summed E-state index contributed by atoms with van der Waals surface area (Å²) in [5.41, 5.74) is -0.987. The molecule has 6 heteroatoms. The maximum absolute atomic E-state index is 13.7. The Labute approximate surface area is 135 Å². The summed E-state index contributed by atoms with van der Waals surface area (Å²) in [5.74, 6) is -1.78. The fourth-order valence-electron chi connectivity index (χ4n) is 2.45. The maximum Gasteiger partial charge on any atom is 0.410 e. The first-order valence-electron chi connectivity index (χ1n) is 7.64. The molecule has 1 aromatic carbocycles. The van der Waals surface area contributed by atoms with Crippen LogP contribution in [0.25, 0.3) is 0 Å². The number of nitrogens with zero attached hydrogens (tertiary/aromatic N) is 1. The van der Waals surface area contributed by atoms with E-state index in [0.717, 1.165) is 6.07 Å². The Balaban J connectivity index is 1.94. The molecule has 1 aromatic rings. The summed E-state index contributed by atoms with van der Waals surface area (Å²) in [6.07, 6.45) is 0.227. The van der Waals surface area contributed by atoms with Crippen LogP contribution in [0.2, 0.25) is 0 Å². The molecule has 1 amide bonds. The second kappa shape index (κ2) is 6.43. The van der Waals surface area contributed by atoms with E-state index >= 15 is 0 Å². The van der Waals surface area contributed by atoms with Gasteiger partial charge < -0.3 is 14.4 Å². The summed E-state index contributed by atoms with van der Waals surface area (Å²) in [5, 5.41) is 0. The van der Waals surface area contributed by atoms with E-state index in [9.17, 15) is 13.6 Å². The van der Waals surface area contributed by atoms with E-state index in [1.54, 1.807) is 4.90 Å². The largest absolute Gasteiger partial charge is 0.444 e. The number of benzene rings is 1. The highest BCUT2D eigenvalue weighted by molar-refractivity contribution is 5.68. The van der Waals surface area contributed by atoms with Crippen LogP contribution in [-0.4, -0.2) is 35.3 Å². The number of carbonyl (C=O) groups excluding carboxylic acids is 1. The maximum atomic E-state index is 13.7. The molecule has 1 aliphatic rings. The number of ether oxygens (including phenoxy) is 2. The SMILES string of the molecule is CC(C)(C)OC(=O)N1CCC(C)(OCc2cccc(F)c2F)C1. The first-order chi connectivity index (χ1) is 10.6. The second-order valence-corrected chi connectivity index (χ2v) is 7.10. The van der Waals surface area contributed by atoms with Gasteiger partial charge in [-0.3, -0.25) is 0 Å². The molecule has 0 saturated carbocycles. The number of amides is 1. The number of hydrogen-bond donors (Lipinski definition) is 0. The van der Waals surface area contributed by atoms with Crippen LogP contribution in [0.5, 0.6) is 0 Å². The molecule has 1 unspecified atom stereocenters. The van der Waals surface area contributed by atoms with Crippen LogP contribution in [0.3, 0.4) is 0 Å². The van der Waals surface area contributed by atoms with Crippen molar-refractivity contribution in [2.75, 3.05) is 13.1 Å². The van der Waals surface area contributed by atoms with Crippen molar-refractivity contribution in [1.82, 2.24) is 4.90 Å². The van der Waals surface area contributed by atoms with Crippen LogP contribution < -0.4 is 0 Å². The van der Waals surface area contributed by atoms with Gasteiger partial charge in [0.25, 0.3) is 0 Å². The van der Waals surface area contributed by atoms with Crippen molar-refractivity contribution in [2.45, 2.75) is 51.9 Å². The van der Waals surface area contributed by atoms with E-state index in [-0.39, 0.29) is 18.3 Å². The number of rotatable bonds is 3. The zero-order chi connectivity index (χ0) is 17.3. The van der Waals surface area contributed by atoms with Gasteiger partial charge in [-0.2, -0.15) is 0 Å². The molecule has 0 N–H and O–H groups in total. The number of likely N-dealkylation sites (tertiary alicyclic amines) is 1. The standard InChI is InChI=1S/C17H23F2NO3/c1-16(2,3)23-15(21)20-9-8-17(4,11-20)22-10-12-6-5-7-13(18)14(12)19/h5-7H,8-11H2,1-4H3. The van der Waals surface area contributed by atoms with Gasteiger partial charge in [0.15, 0.2) is 11.6 Å². The summed E-state index contributed by atoms with van der Waals surface area (Å²) < 4.78 is 38.0. The zero-order valence-corrected chi connectivity index (χ0v) is 14.0. The van der Waals surface area contributed by atoms with Crippen molar-refractivity contribution >= 4 is 6.09 Å². The van der Waals surface area contributed by atoms with E-state index in [1.807, 2.05) is 27.7 Å². The molecule has 1 aliphatic heterocycles. The molecule has 23 heavy (non-hydrogen) atoms. The smallest absolute Gasteiger partial charge is 0.410 e. The molecule has 0 aromatic heterocycles. The predicted molar refractivity (Wildman–Crippen MR) is 82.0 cm³/mol. The number of hydrogen-bond acceptors (Lipinski definition) is 3. The molecule has 2 rings (SSSR count). The minimum Gasteiger partial charge on any atom is -0.444 e. The first kappa shape index (κ1) is 17.7. The highest BCUT2D eigenvalue weighted by Gasteiger charge is 2.38. The van der Waals surface area contributed by atoms with Gasteiger partial charge in [-0.15, -0.1) is 0 Å². The molecule has 0 aliphatic carbocycles. The normalized spacial score (nSPS) is 21.6. The van der Waals surface area contributed by atoms with Gasteiger partial charge in [0.2, 0.25) is 0 Å². The third kappa shape index (κ3) is 4.64. The van der Waals surface area contributed by atoms with Gasteiger partial charge in [-0.25, -0.2) is 13.6 Å². The third-order valence-corrected chi connectivity index (χ3v) is 3.70. The average Bonchev–Trinajstić information content (AvgIpc) is 2.82. The van der Waals surface area contributed by atoms with Crippen LogP contribution in [0, 0.1) is 11.6 Å². The summed E-state index contributed by atoms with van der Waals surface area (Å²) in [7, 11) is 0. The molecule has 0 spiro atoms. The first-order valence-corrected chi connectivity index (χ1v) is 7.64. The second-order valence-electron chi connectivity index (χ2n) is 7.10. The summed E-state index contributed by atoms with van der Waals surface area (Å²) >= 11 is 0.